The van der Waals surface area contributed by atoms with Gasteiger partial charge < -0.3 is 25.2 Å². The molecule has 1 unspecified atom stereocenters. The number of rotatable bonds is 9. The Kier molecular flexibility index (Phi) is 8.45. The van der Waals surface area contributed by atoms with Gasteiger partial charge in [0.15, 0.2) is 0 Å². The normalized spacial score (nSPS) is 11.2. The summed E-state index contributed by atoms with van der Waals surface area (Å²) in [5.41, 5.74) is 0. The van der Waals surface area contributed by atoms with E-state index in [-0.39, 0.29) is 26.1 Å². The van der Waals surface area contributed by atoms with Crippen molar-refractivity contribution in [2.24, 2.45) is 0 Å². The lowest BCUT2D eigenvalue weighted by Gasteiger charge is -2.23. The zero-order chi connectivity index (χ0) is 15.5. The van der Waals surface area contributed by atoms with E-state index < -0.39 is 30.4 Å². The zero-order valence-corrected chi connectivity index (χ0v) is 11.0. The number of carbonyl (C=O) groups excluding carboxylic acids is 1. The highest BCUT2D eigenvalue weighted by Crippen LogP contribution is 1.98. The van der Waals surface area contributed by atoms with Crippen molar-refractivity contribution in [2.75, 3.05) is 26.8 Å². The average molecular weight is 287 g/mol. The summed E-state index contributed by atoms with van der Waals surface area (Å²) < 4.78 is 4.80. The molecule has 0 heterocycles. The molecule has 0 aromatic heterocycles. The lowest BCUT2D eigenvalue weighted by Crippen LogP contribution is -2.49. The van der Waals surface area contributed by atoms with E-state index >= 15 is 0 Å². The molecule has 3 N–H and O–H groups in total. The van der Waals surface area contributed by atoms with Gasteiger partial charge in [-0.05, 0) is 0 Å². The predicted octanol–water partition coefficient (Wildman–Crippen LogP) is -0.514. The van der Waals surface area contributed by atoms with Crippen molar-refractivity contribution in [3.63, 3.8) is 0 Å². The summed E-state index contributed by atoms with van der Waals surface area (Å²) >= 11 is 0. The lowest BCUT2D eigenvalue weighted by atomic mass is 10.2. The van der Waals surface area contributed by atoms with Crippen molar-refractivity contribution < 1.29 is 29.3 Å². The Labute approximate surface area is 115 Å². The number of hydrogen-bond donors (Lipinski definition) is 3. The molecule has 0 aliphatic heterocycles. The third kappa shape index (κ3) is 7.17. The molecule has 9 heteroatoms. The number of nitrogens with one attached hydrogen (secondary N) is 1. The number of nitrogens with zero attached hydrogens (tertiary/aromatic N) is 2. The Morgan fingerprint density at radius 2 is 2.00 bits per heavy atom. The average Bonchev–Trinajstić information content (AvgIpc) is 2.37. The second-order valence-electron chi connectivity index (χ2n) is 3.83. The van der Waals surface area contributed by atoms with E-state index in [4.69, 9.17) is 20.2 Å². The minimum Gasteiger partial charge on any atom is -0.481 e. The molecule has 0 fully saturated rings. The molecule has 0 rings (SSSR count). The molecule has 0 bridgehead atoms. The topological polar surface area (TPSA) is 140 Å². The van der Waals surface area contributed by atoms with Crippen LogP contribution in [0.5, 0.6) is 0 Å². The van der Waals surface area contributed by atoms with Crippen LogP contribution in [0.25, 0.3) is 0 Å². The van der Waals surface area contributed by atoms with Crippen molar-refractivity contribution in [2.45, 2.75) is 18.9 Å². The largest absolute Gasteiger partial charge is 0.481 e. The SMILES string of the molecule is COCCN(CCC#N)C(=O)NC(CC(=O)O)C(=O)O. The maximum Gasteiger partial charge on any atom is 0.326 e. The monoisotopic (exact) mass is 287 g/mol. The van der Waals surface area contributed by atoms with Crippen LogP contribution in [-0.4, -0.2) is 65.9 Å². The number of nitriles is 1. The number of aliphatic carboxylic acids is 2. The van der Waals surface area contributed by atoms with Gasteiger partial charge in [-0.1, -0.05) is 0 Å². The Balaban J connectivity index is 4.64. The van der Waals surface area contributed by atoms with Gasteiger partial charge in [-0.3, -0.25) is 4.79 Å². The fourth-order valence-electron chi connectivity index (χ4n) is 1.32. The summed E-state index contributed by atoms with van der Waals surface area (Å²) in [7, 11) is 1.44. The molecule has 0 spiro atoms. The van der Waals surface area contributed by atoms with Crippen LogP contribution in [0.3, 0.4) is 0 Å². The lowest BCUT2D eigenvalue weighted by molar-refractivity contribution is -0.145. The van der Waals surface area contributed by atoms with Gasteiger partial charge in [-0.15, -0.1) is 0 Å². The molecule has 1 atom stereocenters. The van der Waals surface area contributed by atoms with E-state index in [2.05, 4.69) is 5.32 Å². The van der Waals surface area contributed by atoms with Gasteiger partial charge in [0, 0.05) is 20.2 Å². The number of amides is 2. The number of urea groups is 1. The van der Waals surface area contributed by atoms with Gasteiger partial charge in [0.05, 0.1) is 25.5 Å². The second-order valence-corrected chi connectivity index (χ2v) is 3.83. The van der Waals surface area contributed by atoms with Gasteiger partial charge in [-0.25, -0.2) is 9.59 Å². The maximum absolute atomic E-state index is 11.8. The Morgan fingerprint density at radius 1 is 1.35 bits per heavy atom. The number of carboxylic acids is 2. The van der Waals surface area contributed by atoms with Crippen molar-refractivity contribution in [1.82, 2.24) is 10.2 Å². The third-order valence-corrected chi connectivity index (χ3v) is 2.32. The standard InChI is InChI=1S/C11H17N3O6/c1-20-6-5-14(4-2-3-12)11(19)13-8(10(17)18)7-9(15)16/h8H,2,4-7H2,1H3,(H,13,19)(H,15,16)(H,17,18). The van der Waals surface area contributed by atoms with Gasteiger partial charge >= 0.3 is 18.0 Å². The third-order valence-electron chi connectivity index (χ3n) is 2.32. The first-order valence-electron chi connectivity index (χ1n) is 5.78. The number of hydrogen-bond acceptors (Lipinski definition) is 5. The first kappa shape index (κ1) is 17.7. The van der Waals surface area contributed by atoms with E-state index in [0.29, 0.717) is 0 Å². The number of carbonyl (C=O) groups is 3. The van der Waals surface area contributed by atoms with E-state index in [9.17, 15) is 14.4 Å². The molecular weight excluding hydrogens is 270 g/mol. The molecule has 112 valence electrons. The van der Waals surface area contributed by atoms with Crippen LogP contribution in [0.4, 0.5) is 4.79 Å². The Hall–Kier alpha value is -2.34. The fourth-order valence-corrected chi connectivity index (χ4v) is 1.32. The second kappa shape index (κ2) is 9.57. The first-order chi connectivity index (χ1) is 9.42. The van der Waals surface area contributed by atoms with E-state index in [0.717, 1.165) is 0 Å². The van der Waals surface area contributed by atoms with Gasteiger partial charge in [-0.2, -0.15) is 5.26 Å². The van der Waals surface area contributed by atoms with Gasteiger partial charge in [0.25, 0.3) is 0 Å². The molecule has 0 aliphatic rings. The van der Waals surface area contributed by atoms with Crippen LogP contribution in [0.1, 0.15) is 12.8 Å². The van der Waals surface area contributed by atoms with Gasteiger partial charge in [0.2, 0.25) is 0 Å². The summed E-state index contributed by atoms with van der Waals surface area (Å²) in [6.45, 7) is 0.490. The van der Waals surface area contributed by atoms with Crippen molar-refractivity contribution in [3.05, 3.63) is 0 Å². The predicted molar refractivity (Wildman–Crippen MR) is 65.9 cm³/mol. The zero-order valence-electron chi connectivity index (χ0n) is 11.0. The first-order valence-corrected chi connectivity index (χ1v) is 5.78. The highest BCUT2D eigenvalue weighted by atomic mass is 16.5. The molecule has 0 saturated carbocycles. The van der Waals surface area contributed by atoms with E-state index in [1.54, 1.807) is 0 Å². The minimum atomic E-state index is -1.52. The number of carboxylic acid groups (broad SMARTS) is 2. The fraction of sp³-hybridized carbons (Fsp3) is 0.636. The van der Waals surface area contributed by atoms with Crippen LogP contribution in [0, 0.1) is 11.3 Å². The van der Waals surface area contributed by atoms with Crippen molar-refractivity contribution >= 4 is 18.0 Å². The molecule has 0 aromatic carbocycles. The van der Waals surface area contributed by atoms with Gasteiger partial charge in [0.1, 0.15) is 6.04 Å². The number of methoxy groups -OCH3 is 1. The summed E-state index contributed by atoms with van der Waals surface area (Å²) in [4.78, 5) is 34.4. The summed E-state index contributed by atoms with van der Waals surface area (Å²) in [6, 6.07) is -0.401. The smallest absolute Gasteiger partial charge is 0.326 e. The van der Waals surface area contributed by atoms with E-state index in [1.807, 2.05) is 6.07 Å². The molecular formula is C11H17N3O6. The Morgan fingerprint density at radius 3 is 2.45 bits per heavy atom. The molecule has 0 saturated heterocycles. The molecule has 0 radical (unpaired) electrons. The van der Waals surface area contributed by atoms with Crippen molar-refractivity contribution in [1.29, 1.82) is 5.26 Å². The number of ether oxygens (including phenoxy) is 1. The van der Waals surface area contributed by atoms with Crippen LogP contribution in [0.15, 0.2) is 0 Å². The summed E-state index contributed by atoms with van der Waals surface area (Å²) in [6.07, 6.45) is -0.648. The summed E-state index contributed by atoms with van der Waals surface area (Å²) in [5.74, 6) is -2.77. The highest BCUT2D eigenvalue weighted by molar-refractivity contribution is 5.86. The molecule has 2 amide bonds. The quantitative estimate of drug-likeness (QED) is 0.518. The minimum absolute atomic E-state index is 0.0772. The summed E-state index contributed by atoms with van der Waals surface area (Å²) in [5, 5.41) is 28.0. The molecule has 0 aliphatic carbocycles. The molecule has 9 nitrogen and oxygen atoms in total. The van der Waals surface area contributed by atoms with Crippen LogP contribution in [-0.2, 0) is 14.3 Å². The van der Waals surface area contributed by atoms with E-state index in [1.165, 1.54) is 12.0 Å². The maximum atomic E-state index is 11.8. The molecule has 0 aromatic rings. The van der Waals surface area contributed by atoms with Crippen LogP contribution in [0.2, 0.25) is 0 Å². The highest BCUT2D eigenvalue weighted by Gasteiger charge is 2.25. The van der Waals surface area contributed by atoms with Crippen molar-refractivity contribution in [3.8, 4) is 6.07 Å². The van der Waals surface area contributed by atoms with Crippen LogP contribution >= 0.6 is 0 Å². The van der Waals surface area contributed by atoms with Crippen LogP contribution < -0.4 is 5.32 Å². The Bertz CT molecular complexity index is 392. The molecule has 20 heavy (non-hydrogen) atoms.